The molecule has 6 aromatic carbocycles. The SMILES string of the molecule is NC(c1c(O)ccc2c1Cc1ccccc1-2)(c1c(O)ccc2c1Cc1ccccc1-2)c1c(O)ccc2c1Cc1ccccc1-2. The quantitative estimate of drug-likeness (QED) is 0.163. The molecule has 0 saturated heterocycles. The van der Waals surface area contributed by atoms with E-state index in [2.05, 4.69) is 36.4 Å². The second-order valence-electron chi connectivity index (χ2n) is 12.3. The summed E-state index contributed by atoms with van der Waals surface area (Å²) >= 11 is 0. The van der Waals surface area contributed by atoms with E-state index in [0.29, 0.717) is 36.0 Å². The van der Waals surface area contributed by atoms with Gasteiger partial charge in [0.1, 0.15) is 22.8 Å². The van der Waals surface area contributed by atoms with Gasteiger partial charge in [-0.25, -0.2) is 0 Å². The fraction of sp³-hybridized carbons (Fsp3) is 0.100. The average Bonchev–Trinajstić information content (AvgIpc) is 3.71. The lowest BCUT2D eigenvalue weighted by molar-refractivity contribution is 0.420. The third-order valence-electron chi connectivity index (χ3n) is 10.1. The summed E-state index contributed by atoms with van der Waals surface area (Å²) < 4.78 is 0. The molecular formula is C40H29NO3. The Morgan fingerprint density at radius 2 is 0.682 bits per heavy atom. The minimum Gasteiger partial charge on any atom is -0.508 e. The molecule has 4 heteroatoms. The van der Waals surface area contributed by atoms with E-state index in [1.54, 1.807) is 18.2 Å². The van der Waals surface area contributed by atoms with Crippen LogP contribution in [0.15, 0.2) is 109 Å². The van der Waals surface area contributed by atoms with Crippen LogP contribution in [0.3, 0.4) is 0 Å². The van der Waals surface area contributed by atoms with Gasteiger partial charge in [-0.3, -0.25) is 0 Å². The van der Waals surface area contributed by atoms with Gasteiger partial charge >= 0.3 is 0 Å². The highest BCUT2D eigenvalue weighted by Gasteiger charge is 2.47. The Morgan fingerprint density at radius 3 is 1.00 bits per heavy atom. The molecule has 0 aromatic heterocycles. The predicted octanol–water partition coefficient (Wildman–Crippen LogP) is 7.77. The topological polar surface area (TPSA) is 86.7 Å². The lowest BCUT2D eigenvalue weighted by atomic mass is 9.70. The van der Waals surface area contributed by atoms with Crippen molar-refractivity contribution < 1.29 is 15.3 Å². The summed E-state index contributed by atoms with van der Waals surface area (Å²) in [6, 6.07) is 35.8. The number of fused-ring (bicyclic) bond motifs is 9. The van der Waals surface area contributed by atoms with E-state index in [1.165, 1.54) is 0 Å². The van der Waals surface area contributed by atoms with Crippen LogP contribution in [0.4, 0.5) is 0 Å². The van der Waals surface area contributed by atoms with Gasteiger partial charge in [-0.05, 0) is 104 Å². The highest BCUT2D eigenvalue weighted by atomic mass is 16.3. The summed E-state index contributed by atoms with van der Waals surface area (Å²) in [7, 11) is 0. The second kappa shape index (κ2) is 8.85. The summed E-state index contributed by atoms with van der Waals surface area (Å²) in [4.78, 5) is 0. The molecule has 9 rings (SSSR count). The van der Waals surface area contributed by atoms with E-state index in [4.69, 9.17) is 5.73 Å². The maximum Gasteiger partial charge on any atom is 0.121 e. The first-order chi connectivity index (χ1) is 21.4. The first kappa shape index (κ1) is 25.2. The summed E-state index contributed by atoms with van der Waals surface area (Å²) in [6.07, 6.45) is 1.75. The molecule has 0 atom stereocenters. The number of rotatable bonds is 3. The lowest BCUT2D eigenvalue weighted by Gasteiger charge is -2.37. The fourth-order valence-corrected chi connectivity index (χ4v) is 8.29. The third kappa shape index (κ3) is 3.21. The molecule has 0 fully saturated rings. The number of aromatic hydroxyl groups is 3. The van der Waals surface area contributed by atoms with Crippen LogP contribution in [0.5, 0.6) is 17.2 Å². The van der Waals surface area contributed by atoms with E-state index >= 15 is 0 Å². The van der Waals surface area contributed by atoms with Gasteiger partial charge in [0.2, 0.25) is 0 Å². The molecule has 0 bridgehead atoms. The Morgan fingerprint density at radius 1 is 0.386 bits per heavy atom. The van der Waals surface area contributed by atoms with Crippen LogP contribution < -0.4 is 5.73 Å². The zero-order valence-corrected chi connectivity index (χ0v) is 23.9. The summed E-state index contributed by atoms with van der Waals surface area (Å²) in [5.41, 5.74) is 20.4. The molecule has 3 aliphatic carbocycles. The lowest BCUT2D eigenvalue weighted by Crippen LogP contribution is -2.42. The molecule has 0 amide bonds. The molecule has 0 radical (unpaired) electrons. The molecule has 212 valence electrons. The van der Waals surface area contributed by atoms with Crippen molar-refractivity contribution in [3.05, 3.63) is 159 Å². The van der Waals surface area contributed by atoms with Crippen molar-refractivity contribution in [1.29, 1.82) is 0 Å². The molecule has 5 N–H and O–H groups in total. The number of phenolic OH excluding ortho intramolecular Hbond substituents is 3. The number of hydrogen-bond donors (Lipinski definition) is 4. The first-order valence-corrected chi connectivity index (χ1v) is 15.0. The van der Waals surface area contributed by atoms with Crippen molar-refractivity contribution in [3.63, 3.8) is 0 Å². The molecule has 0 saturated carbocycles. The van der Waals surface area contributed by atoms with Gasteiger partial charge in [0.05, 0.1) is 0 Å². The minimum absolute atomic E-state index is 0.0408. The van der Waals surface area contributed by atoms with Crippen molar-refractivity contribution in [3.8, 4) is 50.6 Å². The molecule has 44 heavy (non-hydrogen) atoms. The van der Waals surface area contributed by atoms with Crippen LogP contribution in [0, 0.1) is 0 Å². The van der Waals surface area contributed by atoms with Gasteiger partial charge < -0.3 is 21.1 Å². The van der Waals surface area contributed by atoms with Gasteiger partial charge in [0.15, 0.2) is 0 Å². The number of hydrogen-bond acceptors (Lipinski definition) is 4. The molecular weight excluding hydrogens is 542 g/mol. The van der Waals surface area contributed by atoms with E-state index in [1.807, 2.05) is 54.6 Å². The van der Waals surface area contributed by atoms with Crippen LogP contribution >= 0.6 is 0 Å². The third-order valence-corrected chi connectivity index (χ3v) is 10.1. The number of phenols is 3. The van der Waals surface area contributed by atoms with E-state index < -0.39 is 5.54 Å². The van der Waals surface area contributed by atoms with Crippen LogP contribution in [-0.4, -0.2) is 15.3 Å². The molecule has 3 aliphatic rings. The normalized spacial score (nSPS) is 13.6. The monoisotopic (exact) mass is 571 g/mol. The Bertz CT molecular complexity index is 1960. The smallest absolute Gasteiger partial charge is 0.121 e. The van der Waals surface area contributed by atoms with Gasteiger partial charge in [-0.15, -0.1) is 0 Å². The van der Waals surface area contributed by atoms with Crippen molar-refractivity contribution in [2.75, 3.05) is 0 Å². The molecule has 0 aliphatic heterocycles. The molecule has 6 aromatic rings. The van der Waals surface area contributed by atoms with Crippen molar-refractivity contribution >= 4 is 0 Å². The molecule has 0 spiro atoms. The highest BCUT2D eigenvalue weighted by Crippen LogP contribution is 2.56. The van der Waals surface area contributed by atoms with Gasteiger partial charge in [-0.1, -0.05) is 91.0 Å². The van der Waals surface area contributed by atoms with Crippen LogP contribution in [0.1, 0.15) is 50.1 Å². The first-order valence-electron chi connectivity index (χ1n) is 15.0. The second-order valence-corrected chi connectivity index (χ2v) is 12.3. The summed E-state index contributed by atoms with van der Waals surface area (Å²) in [6.45, 7) is 0. The van der Waals surface area contributed by atoms with Crippen LogP contribution in [-0.2, 0) is 24.8 Å². The standard InChI is InChI=1S/C40H29NO3/c41-40(37-31-19-22-7-1-4-10-25(22)28(31)13-16-34(37)42,38-32-20-23-8-2-5-11-26(23)29(32)14-17-35(38)43)39-33-21-24-9-3-6-12-27(24)30(33)15-18-36(39)44/h1-18,42-44H,19-21,41H2. The van der Waals surface area contributed by atoms with Gasteiger partial charge in [0.25, 0.3) is 0 Å². The Balaban J connectivity index is 1.42. The maximum absolute atomic E-state index is 11.9. The largest absolute Gasteiger partial charge is 0.508 e. The van der Waals surface area contributed by atoms with Crippen molar-refractivity contribution in [2.24, 2.45) is 5.73 Å². The van der Waals surface area contributed by atoms with E-state index in [-0.39, 0.29) is 17.2 Å². The number of benzene rings is 6. The molecule has 0 unspecified atom stereocenters. The zero-order chi connectivity index (χ0) is 29.7. The van der Waals surface area contributed by atoms with E-state index in [0.717, 1.165) is 66.8 Å². The average molecular weight is 572 g/mol. The maximum atomic E-state index is 11.9. The Labute approximate surface area is 255 Å². The van der Waals surface area contributed by atoms with Crippen molar-refractivity contribution in [1.82, 2.24) is 0 Å². The molecule has 0 heterocycles. The molecule has 4 nitrogen and oxygen atoms in total. The number of nitrogens with two attached hydrogens (primary N) is 1. The van der Waals surface area contributed by atoms with Crippen LogP contribution in [0.2, 0.25) is 0 Å². The highest BCUT2D eigenvalue weighted by molar-refractivity contribution is 5.87. The van der Waals surface area contributed by atoms with Gasteiger partial charge in [-0.2, -0.15) is 0 Å². The predicted molar refractivity (Wildman–Crippen MR) is 173 cm³/mol. The van der Waals surface area contributed by atoms with Crippen LogP contribution in [0.25, 0.3) is 33.4 Å². The minimum atomic E-state index is -1.59. The Hall–Kier alpha value is -5.32. The summed E-state index contributed by atoms with van der Waals surface area (Å²) in [5, 5.41) is 35.7. The Kier molecular flexibility index (Phi) is 5.07. The zero-order valence-electron chi connectivity index (χ0n) is 23.9. The van der Waals surface area contributed by atoms with E-state index in [9.17, 15) is 15.3 Å². The van der Waals surface area contributed by atoms with Crippen molar-refractivity contribution in [2.45, 2.75) is 24.8 Å². The fourth-order valence-electron chi connectivity index (χ4n) is 8.29. The summed E-state index contributed by atoms with van der Waals surface area (Å²) in [5.74, 6) is 0.122. The van der Waals surface area contributed by atoms with Gasteiger partial charge in [0, 0.05) is 16.7 Å².